The summed E-state index contributed by atoms with van der Waals surface area (Å²) >= 11 is 0. The van der Waals surface area contributed by atoms with Crippen LogP contribution in [0.5, 0.6) is 0 Å². The van der Waals surface area contributed by atoms with Crippen molar-refractivity contribution in [1.82, 2.24) is 15.6 Å². The second-order valence-corrected chi connectivity index (χ2v) is 3.66. The predicted octanol–water partition coefficient (Wildman–Crippen LogP) is 1.02. The van der Waals surface area contributed by atoms with Gasteiger partial charge in [-0.2, -0.15) is 0 Å². The van der Waals surface area contributed by atoms with Gasteiger partial charge in [0.15, 0.2) is 0 Å². The summed E-state index contributed by atoms with van der Waals surface area (Å²) in [7, 11) is 0. The van der Waals surface area contributed by atoms with E-state index in [1.165, 1.54) is 0 Å². The van der Waals surface area contributed by atoms with Crippen molar-refractivity contribution >= 4 is 5.91 Å². The minimum absolute atomic E-state index is 0.0876. The lowest BCUT2D eigenvalue weighted by Gasteiger charge is -2.11. The van der Waals surface area contributed by atoms with Gasteiger partial charge in [0.05, 0.1) is 0 Å². The van der Waals surface area contributed by atoms with Crippen molar-refractivity contribution in [3.8, 4) is 0 Å². The van der Waals surface area contributed by atoms with E-state index in [0.29, 0.717) is 13.0 Å². The van der Waals surface area contributed by atoms with Gasteiger partial charge < -0.3 is 15.6 Å². The van der Waals surface area contributed by atoms with Crippen LogP contribution in [0.15, 0.2) is 18.5 Å². The Labute approximate surface area is 90.5 Å². The van der Waals surface area contributed by atoms with Crippen LogP contribution in [-0.2, 0) is 11.3 Å². The van der Waals surface area contributed by atoms with Crippen molar-refractivity contribution in [3.63, 3.8) is 0 Å². The number of amides is 1. The van der Waals surface area contributed by atoms with E-state index in [1.807, 2.05) is 32.3 Å². The van der Waals surface area contributed by atoms with Gasteiger partial charge in [-0.3, -0.25) is 4.79 Å². The van der Waals surface area contributed by atoms with Crippen molar-refractivity contribution in [2.45, 2.75) is 32.9 Å². The van der Waals surface area contributed by atoms with E-state index in [9.17, 15) is 4.79 Å². The number of carbonyl (C=O) groups is 1. The molecule has 1 unspecified atom stereocenters. The molecule has 0 spiro atoms. The normalized spacial score (nSPS) is 12.4. The summed E-state index contributed by atoms with van der Waals surface area (Å²) in [6.45, 7) is 5.54. The van der Waals surface area contributed by atoms with Crippen LogP contribution in [0.1, 0.15) is 25.8 Å². The molecule has 3 N–H and O–H groups in total. The maximum Gasteiger partial charge on any atom is 0.221 e. The molecule has 1 rings (SSSR count). The molecule has 0 saturated carbocycles. The molecule has 1 heterocycles. The maximum absolute atomic E-state index is 11.5. The Morgan fingerprint density at radius 3 is 3.00 bits per heavy atom. The largest absolute Gasteiger partial charge is 0.367 e. The highest BCUT2D eigenvalue weighted by Gasteiger charge is 2.06. The number of aromatic nitrogens is 1. The van der Waals surface area contributed by atoms with E-state index in [0.717, 1.165) is 12.1 Å². The van der Waals surface area contributed by atoms with Crippen LogP contribution >= 0.6 is 0 Å². The van der Waals surface area contributed by atoms with Gasteiger partial charge in [0.2, 0.25) is 5.91 Å². The van der Waals surface area contributed by atoms with Gasteiger partial charge in [0.25, 0.3) is 0 Å². The number of nitrogens with one attached hydrogen (secondary N) is 3. The Morgan fingerprint density at radius 2 is 2.40 bits per heavy atom. The first-order chi connectivity index (χ1) is 7.22. The standard InChI is InChI=1S/C11H19N3O/c1-3-13-9(2)6-11(15)14-8-10-4-5-12-7-10/h4-5,7,9,12-13H,3,6,8H2,1-2H3,(H,14,15). The number of hydrogen-bond acceptors (Lipinski definition) is 2. The van der Waals surface area contributed by atoms with Gasteiger partial charge in [-0.05, 0) is 25.1 Å². The fraction of sp³-hybridized carbons (Fsp3) is 0.545. The molecule has 0 aliphatic heterocycles. The third-order valence-electron chi connectivity index (χ3n) is 2.20. The number of hydrogen-bond donors (Lipinski definition) is 3. The molecule has 0 radical (unpaired) electrons. The van der Waals surface area contributed by atoms with Crippen LogP contribution in [0.25, 0.3) is 0 Å². The molecule has 1 aromatic heterocycles. The first-order valence-corrected chi connectivity index (χ1v) is 5.34. The first-order valence-electron chi connectivity index (χ1n) is 5.34. The summed E-state index contributed by atoms with van der Waals surface area (Å²) in [6, 6.07) is 2.19. The quantitative estimate of drug-likeness (QED) is 0.655. The molecule has 1 atom stereocenters. The van der Waals surface area contributed by atoms with Crippen LogP contribution in [0, 0.1) is 0 Å². The molecular formula is C11H19N3O. The summed E-state index contributed by atoms with van der Waals surface area (Å²) < 4.78 is 0. The molecule has 0 fully saturated rings. The molecule has 0 saturated heterocycles. The Balaban J connectivity index is 2.19. The Bertz CT molecular complexity index is 282. The molecule has 1 amide bonds. The van der Waals surface area contributed by atoms with Crippen LogP contribution < -0.4 is 10.6 Å². The van der Waals surface area contributed by atoms with E-state index in [2.05, 4.69) is 15.6 Å². The van der Waals surface area contributed by atoms with Crippen molar-refractivity contribution in [2.24, 2.45) is 0 Å². The highest BCUT2D eigenvalue weighted by Crippen LogP contribution is 1.96. The minimum atomic E-state index is 0.0876. The van der Waals surface area contributed by atoms with E-state index < -0.39 is 0 Å². The van der Waals surface area contributed by atoms with Crippen LogP contribution in [0.4, 0.5) is 0 Å². The minimum Gasteiger partial charge on any atom is -0.367 e. The summed E-state index contributed by atoms with van der Waals surface area (Å²) in [5.74, 6) is 0.0876. The lowest BCUT2D eigenvalue weighted by atomic mass is 10.2. The summed E-state index contributed by atoms with van der Waals surface area (Å²) in [5.41, 5.74) is 1.10. The maximum atomic E-state index is 11.5. The lowest BCUT2D eigenvalue weighted by molar-refractivity contribution is -0.121. The topological polar surface area (TPSA) is 56.9 Å². The van der Waals surface area contributed by atoms with E-state index in [4.69, 9.17) is 0 Å². The van der Waals surface area contributed by atoms with Gasteiger partial charge >= 0.3 is 0 Å². The molecule has 1 aromatic rings. The summed E-state index contributed by atoms with van der Waals surface area (Å²) in [4.78, 5) is 14.4. The van der Waals surface area contributed by atoms with Crippen molar-refractivity contribution in [2.75, 3.05) is 6.54 Å². The fourth-order valence-electron chi connectivity index (χ4n) is 1.44. The van der Waals surface area contributed by atoms with Crippen molar-refractivity contribution in [1.29, 1.82) is 0 Å². The van der Waals surface area contributed by atoms with E-state index in [-0.39, 0.29) is 11.9 Å². The molecule has 0 aliphatic carbocycles. The first kappa shape index (κ1) is 11.8. The van der Waals surface area contributed by atoms with Crippen molar-refractivity contribution < 1.29 is 4.79 Å². The van der Waals surface area contributed by atoms with E-state index in [1.54, 1.807) is 0 Å². The summed E-state index contributed by atoms with van der Waals surface area (Å²) in [6.07, 6.45) is 4.26. The van der Waals surface area contributed by atoms with E-state index >= 15 is 0 Å². The van der Waals surface area contributed by atoms with Gasteiger partial charge in [-0.25, -0.2) is 0 Å². The molecule has 84 valence electrons. The smallest absolute Gasteiger partial charge is 0.221 e. The Morgan fingerprint density at radius 1 is 1.60 bits per heavy atom. The van der Waals surface area contributed by atoms with Gasteiger partial charge in [0.1, 0.15) is 0 Å². The zero-order valence-corrected chi connectivity index (χ0v) is 9.34. The zero-order valence-electron chi connectivity index (χ0n) is 9.34. The van der Waals surface area contributed by atoms with Crippen LogP contribution in [0.2, 0.25) is 0 Å². The third-order valence-corrected chi connectivity index (χ3v) is 2.20. The number of H-pyrrole nitrogens is 1. The predicted molar refractivity (Wildman–Crippen MR) is 60.4 cm³/mol. The zero-order chi connectivity index (χ0) is 11.1. The molecule has 0 aliphatic rings. The summed E-state index contributed by atoms with van der Waals surface area (Å²) in [5, 5.41) is 6.08. The highest BCUT2D eigenvalue weighted by molar-refractivity contribution is 5.76. The highest BCUT2D eigenvalue weighted by atomic mass is 16.1. The molecule has 0 aromatic carbocycles. The average Bonchev–Trinajstić information content (AvgIpc) is 2.67. The van der Waals surface area contributed by atoms with Gasteiger partial charge in [0, 0.05) is 31.4 Å². The second kappa shape index (κ2) is 6.24. The number of rotatable bonds is 6. The second-order valence-electron chi connectivity index (χ2n) is 3.66. The molecule has 4 heteroatoms. The Hall–Kier alpha value is -1.29. The molecule has 15 heavy (non-hydrogen) atoms. The monoisotopic (exact) mass is 209 g/mol. The number of carbonyl (C=O) groups excluding carboxylic acids is 1. The van der Waals surface area contributed by atoms with Crippen LogP contribution in [-0.4, -0.2) is 23.5 Å². The molecule has 0 bridgehead atoms. The lowest BCUT2D eigenvalue weighted by Crippen LogP contribution is -2.33. The van der Waals surface area contributed by atoms with Gasteiger partial charge in [-0.15, -0.1) is 0 Å². The number of aromatic amines is 1. The van der Waals surface area contributed by atoms with Crippen LogP contribution in [0.3, 0.4) is 0 Å². The van der Waals surface area contributed by atoms with Gasteiger partial charge in [-0.1, -0.05) is 6.92 Å². The fourth-order valence-corrected chi connectivity index (χ4v) is 1.44. The van der Waals surface area contributed by atoms with Crippen molar-refractivity contribution in [3.05, 3.63) is 24.0 Å². The molecular weight excluding hydrogens is 190 g/mol. The SMILES string of the molecule is CCNC(C)CC(=O)NCc1cc[nH]c1. The molecule has 4 nitrogen and oxygen atoms in total. The average molecular weight is 209 g/mol. The third kappa shape index (κ3) is 4.65. The Kier molecular flexibility index (Phi) is 4.90.